The summed E-state index contributed by atoms with van der Waals surface area (Å²) >= 11 is 0. The molecule has 0 heterocycles. The van der Waals surface area contributed by atoms with E-state index in [9.17, 15) is 4.79 Å². The van der Waals surface area contributed by atoms with Gasteiger partial charge in [-0.15, -0.1) is 0 Å². The van der Waals surface area contributed by atoms with Gasteiger partial charge in [-0.1, -0.05) is 179 Å². The number of allylic oxidation sites excluding steroid dienone is 8. The first-order chi connectivity index (χ1) is 27.0. The fraction of sp³-hybridized carbons (Fsp3) is 0.824. The zero-order chi connectivity index (χ0) is 40.1. The third-order valence-corrected chi connectivity index (χ3v) is 10.8. The van der Waals surface area contributed by atoms with Crippen molar-refractivity contribution in [1.29, 1.82) is 0 Å². The van der Waals surface area contributed by atoms with E-state index in [0.717, 1.165) is 58.2 Å². The van der Waals surface area contributed by atoms with Crippen molar-refractivity contribution in [1.82, 2.24) is 9.80 Å². The van der Waals surface area contributed by atoms with Crippen molar-refractivity contribution in [3.63, 3.8) is 0 Å². The minimum atomic E-state index is -0.0608. The molecule has 0 aromatic rings. The molecule has 0 saturated carbocycles. The number of hydrogen-bond donors (Lipinski definition) is 0. The van der Waals surface area contributed by atoms with Gasteiger partial charge in [-0.05, 0) is 123 Å². The molecule has 0 radical (unpaired) electrons. The zero-order valence-electron chi connectivity index (χ0n) is 37.9. The first-order valence-corrected chi connectivity index (χ1v) is 24.2. The lowest BCUT2D eigenvalue weighted by Crippen LogP contribution is -2.37. The van der Waals surface area contributed by atoms with Crippen LogP contribution in [0.3, 0.4) is 0 Å². The highest BCUT2D eigenvalue weighted by molar-refractivity contribution is 5.67. The standard InChI is InChI=1S/C51H96N2O2/c1-6-9-12-15-17-19-21-23-25-27-29-31-33-35-37-39-41-45-50(55-51(54)53(48-43-14-11-8-3)49-44-47-52(4)5)46-42-40-38-36-34-32-30-28-26-24-22-20-18-16-13-10-7-2/h17-20,23-26,50H,6-16,21-22,27-49H2,1-5H3/b19-17+,20-18+,25-23+,26-24+. The number of nitrogens with zero attached hydrogens (tertiary/aromatic N) is 2. The largest absolute Gasteiger partial charge is 0.446 e. The molecule has 0 N–H and O–H groups in total. The maximum Gasteiger partial charge on any atom is 0.410 e. The Hall–Kier alpha value is -1.81. The van der Waals surface area contributed by atoms with Gasteiger partial charge in [-0.25, -0.2) is 4.79 Å². The van der Waals surface area contributed by atoms with Gasteiger partial charge >= 0.3 is 6.09 Å². The Morgan fingerprint density at radius 3 is 1.18 bits per heavy atom. The third kappa shape index (κ3) is 41.6. The van der Waals surface area contributed by atoms with E-state index in [4.69, 9.17) is 4.74 Å². The maximum atomic E-state index is 13.5. The number of carbonyl (C=O) groups is 1. The molecule has 0 rings (SSSR count). The Bertz CT molecular complexity index is 841. The minimum absolute atomic E-state index is 0.0608. The van der Waals surface area contributed by atoms with E-state index < -0.39 is 0 Å². The molecule has 0 aliphatic heterocycles. The molecule has 0 saturated heterocycles. The summed E-state index contributed by atoms with van der Waals surface area (Å²) in [5.41, 5.74) is 0. The van der Waals surface area contributed by atoms with E-state index >= 15 is 0 Å². The Morgan fingerprint density at radius 2 is 0.764 bits per heavy atom. The molecule has 0 aromatic heterocycles. The molecule has 4 nitrogen and oxygen atoms in total. The molecule has 0 unspecified atom stereocenters. The summed E-state index contributed by atoms with van der Waals surface area (Å²) in [6.45, 7) is 9.41. The summed E-state index contributed by atoms with van der Waals surface area (Å²) in [6, 6.07) is 0. The predicted octanol–water partition coefficient (Wildman–Crippen LogP) is 16.5. The second kappa shape index (κ2) is 44.9. The highest BCUT2D eigenvalue weighted by Crippen LogP contribution is 2.19. The summed E-state index contributed by atoms with van der Waals surface area (Å²) in [7, 11) is 4.23. The van der Waals surface area contributed by atoms with Crippen LogP contribution >= 0.6 is 0 Å². The Morgan fingerprint density at radius 1 is 0.418 bits per heavy atom. The van der Waals surface area contributed by atoms with Gasteiger partial charge in [0.05, 0.1) is 0 Å². The summed E-state index contributed by atoms with van der Waals surface area (Å²) in [5.74, 6) is 0. The molecule has 55 heavy (non-hydrogen) atoms. The first kappa shape index (κ1) is 53.2. The Kier molecular flexibility index (Phi) is 43.4. The highest BCUT2D eigenvalue weighted by atomic mass is 16.6. The van der Waals surface area contributed by atoms with Gasteiger partial charge in [-0.2, -0.15) is 0 Å². The van der Waals surface area contributed by atoms with E-state index in [2.05, 4.69) is 88.4 Å². The van der Waals surface area contributed by atoms with Gasteiger partial charge in [0.1, 0.15) is 6.10 Å². The number of hydrogen-bond acceptors (Lipinski definition) is 3. The van der Waals surface area contributed by atoms with Crippen molar-refractivity contribution in [3.05, 3.63) is 48.6 Å². The number of unbranched alkanes of at least 4 members (excludes halogenated alkanes) is 23. The van der Waals surface area contributed by atoms with Crippen molar-refractivity contribution in [2.75, 3.05) is 33.7 Å². The fourth-order valence-corrected chi connectivity index (χ4v) is 7.15. The van der Waals surface area contributed by atoms with Crippen molar-refractivity contribution >= 4 is 6.09 Å². The van der Waals surface area contributed by atoms with Gasteiger partial charge in [0.25, 0.3) is 0 Å². The van der Waals surface area contributed by atoms with E-state index in [1.807, 2.05) is 4.90 Å². The third-order valence-electron chi connectivity index (χ3n) is 10.8. The monoisotopic (exact) mass is 769 g/mol. The summed E-state index contributed by atoms with van der Waals surface area (Å²) in [6.07, 6.45) is 59.8. The lowest BCUT2D eigenvalue weighted by molar-refractivity contribution is 0.0513. The van der Waals surface area contributed by atoms with Crippen LogP contribution in [0, 0.1) is 0 Å². The van der Waals surface area contributed by atoms with Crippen LogP contribution in [0.1, 0.15) is 233 Å². The summed E-state index contributed by atoms with van der Waals surface area (Å²) in [5, 5.41) is 0. The van der Waals surface area contributed by atoms with Crippen LogP contribution in [0.5, 0.6) is 0 Å². The van der Waals surface area contributed by atoms with E-state index in [-0.39, 0.29) is 12.2 Å². The Balaban J connectivity index is 4.52. The lowest BCUT2D eigenvalue weighted by atomic mass is 10.0. The molecule has 1 amide bonds. The minimum Gasteiger partial charge on any atom is -0.446 e. The zero-order valence-corrected chi connectivity index (χ0v) is 37.9. The molecule has 0 atom stereocenters. The van der Waals surface area contributed by atoms with Crippen LogP contribution in [0.4, 0.5) is 4.79 Å². The SMILES string of the molecule is CCCCC/C=C/C/C=C/CCCCCCCCCC(CCCCCCCCC/C=C/C/C=C/CCCCC)OC(=O)N(CCCCCC)CCCN(C)C. The molecule has 0 aromatic carbocycles. The second-order valence-corrected chi connectivity index (χ2v) is 16.7. The van der Waals surface area contributed by atoms with Gasteiger partial charge in [0.2, 0.25) is 0 Å². The Labute approximate surface area is 345 Å². The van der Waals surface area contributed by atoms with E-state index in [0.29, 0.717) is 0 Å². The van der Waals surface area contributed by atoms with E-state index in [1.165, 1.54) is 173 Å². The molecule has 0 aliphatic rings. The van der Waals surface area contributed by atoms with Crippen molar-refractivity contribution < 1.29 is 9.53 Å². The van der Waals surface area contributed by atoms with Gasteiger partial charge < -0.3 is 14.5 Å². The normalized spacial score (nSPS) is 12.3. The predicted molar refractivity (Wildman–Crippen MR) is 246 cm³/mol. The number of carbonyl (C=O) groups excluding carboxylic acids is 1. The van der Waals surface area contributed by atoms with Crippen molar-refractivity contribution in [3.8, 4) is 0 Å². The van der Waals surface area contributed by atoms with Crippen LogP contribution < -0.4 is 0 Å². The number of ether oxygens (including phenoxy) is 1. The molecule has 4 heteroatoms. The fourth-order valence-electron chi connectivity index (χ4n) is 7.15. The molecule has 0 bridgehead atoms. The van der Waals surface area contributed by atoms with Crippen LogP contribution in [-0.2, 0) is 4.74 Å². The topological polar surface area (TPSA) is 32.8 Å². The quantitative estimate of drug-likeness (QED) is 0.0458. The molecule has 0 spiro atoms. The smallest absolute Gasteiger partial charge is 0.410 e. The van der Waals surface area contributed by atoms with Gasteiger partial charge in [-0.3, -0.25) is 0 Å². The summed E-state index contributed by atoms with van der Waals surface area (Å²) in [4.78, 5) is 17.8. The molecular weight excluding hydrogens is 673 g/mol. The van der Waals surface area contributed by atoms with Crippen LogP contribution in [0.2, 0.25) is 0 Å². The number of amides is 1. The van der Waals surface area contributed by atoms with Crippen LogP contribution in [-0.4, -0.2) is 55.7 Å². The van der Waals surface area contributed by atoms with Crippen molar-refractivity contribution in [2.45, 2.75) is 239 Å². The molecule has 322 valence electrons. The van der Waals surface area contributed by atoms with Crippen LogP contribution in [0.15, 0.2) is 48.6 Å². The maximum absolute atomic E-state index is 13.5. The molecule has 0 fully saturated rings. The molecular formula is C51H96N2O2. The van der Waals surface area contributed by atoms with Crippen molar-refractivity contribution in [2.24, 2.45) is 0 Å². The first-order valence-electron chi connectivity index (χ1n) is 24.2. The van der Waals surface area contributed by atoms with Gasteiger partial charge in [0.15, 0.2) is 0 Å². The highest BCUT2D eigenvalue weighted by Gasteiger charge is 2.20. The summed E-state index contributed by atoms with van der Waals surface area (Å²) < 4.78 is 6.34. The second-order valence-electron chi connectivity index (χ2n) is 16.7. The number of rotatable bonds is 42. The molecule has 0 aliphatic carbocycles. The van der Waals surface area contributed by atoms with E-state index in [1.54, 1.807) is 0 Å². The van der Waals surface area contributed by atoms with Crippen LogP contribution in [0.25, 0.3) is 0 Å². The van der Waals surface area contributed by atoms with Gasteiger partial charge in [0, 0.05) is 13.1 Å². The lowest BCUT2D eigenvalue weighted by Gasteiger charge is -2.26. The average Bonchev–Trinajstić information content (AvgIpc) is 3.17. The average molecular weight is 769 g/mol.